The number of rotatable bonds is 20. The van der Waals surface area contributed by atoms with Gasteiger partial charge in [0.2, 0.25) is 16.8 Å². The number of fused-ring (bicyclic) bond motifs is 1. The minimum Gasteiger partial charge on any atom is -0.503 e. The SMILES string of the molecule is Cc1c(O)c(=O)ccn1[C@H]1C[C@H](OP(=O)(O)OC[C@H]2O[C@@H](n3ccc(N)nc3=O)C[C@@H]2O)[C@@H](COP(=O)(O)O[C@H]2C[C@H](n3ccc(=O)c(O)c3C)O[C@@H]2COP(=O)(O)O[C@H]2C[C@H](n3cnc4c(=O)[nH]c(N)nc43)O[C@@H]2CO)O1. The molecule has 3 unspecified atom stereocenters. The number of hydrogen-bond acceptors (Lipinski definition) is 26. The van der Waals surface area contributed by atoms with Crippen molar-refractivity contribution in [3.63, 3.8) is 0 Å². The third kappa shape index (κ3) is 12.4. The number of phosphoric ester groups is 3. The lowest BCUT2D eigenvalue weighted by atomic mass is 10.2. The summed E-state index contributed by atoms with van der Waals surface area (Å²) in [4.78, 5) is 96.4. The summed E-state index contributed by atoms with van der Waals surface area (Å²) in [7, 11) is -15.7. The van der Waals surface area contributed by atoms with Gasteiger partial charge < -0.3 is 74.7 Å². The monoisotopic (exact) mass is 1160 g/mol. The highest BCUT2D eigenvalue weighted by molar-refractivity contribution is 7.48. The van der Waals surface area contributed by atoms with Gasteiger partial charge >= 0.3 is 29.2 Å². The summed E-state index contributed by atoms with van der Waals surface area (Å²) >= 11 is 0. The molecular formula is C41H53N10O24P3. The largest absolute Gasteiger partial charge is 0.503 e. The molecule has 0 spiro atoms. The molecule has 15 atom stereocenters. The van der Waals surface area contributed by atoms with Crippen LogP contribution in [0.15, 0.2) is 62.3 Å². The zero-order valence-electron chi connectivity index (χ0n) is 40.8. The second kappa shape index (κ2) is 22.5. The lowest BCUT2D eigenvalue weighted by Gasteiger charge is -2.25. The van der Waals surface area contributed by atoms with Crippen molar-refractivity contribution in [3.05, 3.63) is 95.8 Å². The quantitative estimate of drug-likeness (QED) is 0.0431. The lowest BCUT2D eigenvalue weighted by molar-refractivity contribution is -0.0634. The number of aromatic amines is 1. The molecule has 4 fully saturated rings. The van der Waals surface area contributed by atoms with Crippen molar-refractivity contribution in [2.45, 2.75) is 113 Å². The van der Waals surface area contributed by atoms with Crippen molar-refractivity contribution in [3.8, 4) is 11.5 Å². The van der Waals surface area contributed by atoms with Crippen LogP contribution in [-0.2, 0) is 59.8 Å². The number of hydrogen-bond donors (Lipinski definition) is 10. The summed E-state index contributed by atoms with van der Waals surface area (Å²) in [5.41, 5.74) is 8.26. The highest BCUT2D eigenvalue weighted by Gasteiger charge is 2.48. The molecule has 12 N–H and O–H groups in total. The van der Waals surface area contributed by atoms with E-state index < -0.39 is 157 Å². The minimum absolute atomic E-state index is 0.00231. The Morgan fingerprint density at radius 3 is 1.58 bits per heavy atom. The van der Waals surface area contributed by atoms with Gasteiger partial charge in [-0.1, -0.05) is 0 Å². The molecule has 5 aromatic rings. The van der Waals surface area contributed by atoms with Crippen LogP contribution in [0, 0.1) is 13.8 Å². The first-order valence-electron chi connectivity index (χ1n) is 23.6. The standard InChI is InChI=1S/C41H53N10O24P3/c1-18-36(56)20(53)3-6-48(18)32-11-24(74-76(60,61)66-14-27-22(55)9-31(70-27)50-8-5-30(42)45-41(50)59)29(72-32)16-68-78(64,65)75-25-12-33(49-7-4-21(54)37(57)19(49)2)71-28(25)15-67-77(62,63)73-23-10-34(69-26(23)13-52)51-17-44-35-38(51)46-40(43)47-39(35)58/h3-8,17,22-29,31-34,52,55-57H,9-16H2,1-2H3,(H,60,61)(H,62,63)(H,64,65)(H2,42,45,59)(H3,43,46,47,58)/t22-,23-,24-,25-,26+,27+,28+,29+,31+,32+,33+,34+/m0/s1. The van der Waals surface area contributed by atoms with E-state index in [0.29, 0.717) is 0 Å². The van der Waals surface area contributed by atoms with Gasteiger partial charge in [0.1, 0.15) is 73.5 Å². The Morgan fingerprint density at radius 2 is 1.08 bits per heavy atom. The smallest absolute Gasteiger partial charge is 0.472 e. The Morgan fingerprint density at radius 1 is 0.641 bits per heavy atom. The van der Waals surface area contributed by atoms with Crippen LogP contribution in [0.25, 0.3) is 11.2 Å². The van der Waals surface area contributed by atoms with Crippen LogP contribution in [0.5, 0.6) is 11.5 Å². The van der Waals surface area contributed by atoms with Crippen LogP contribution in [0.3, 0.4) is 0 Å². The predicted molar refractivity (Wildman–Crippen MR) is 259 cm³/mol. The predicted octanol–water partition coefficient (Wildman–Crippen LogP) is -0.697. The number of nitrogens with zero attached hydrogens (tertiary/aromatic N) is 7. The van der Waals surface area contributed by atoms with Crippen LogP contribution in [0.4, 0.5) is 11.8 Å². The van der Waals surface area contributed by atoms with Crippen molar-refractivity contribution in [1.82, 2.24) is 38.2 Å². The van der Waals surface area contributed by atoms with E-state index in [1.54, 1.807) is 0 Å². The number of nitrogen functional groups attached to an aromatic ring is 2. The molecule has 0 aromatic carbocycles. The highest BCUT2D eigenvalue weighted by Crippen LogP contribution is 2.54. The fourth-order valence-electron chi connectivity index (χ4n) is 9.26. The number of nitrogens with two attached hydrogens (primary N) is 2. The molecule has 9 rings (SSSR count). The Bertz CT molecular complexity index is 3450. The fraction of sp³-hybridized carbons (Fsp3) is 0.537. The number of aliphatic hydroxyl groups is 2. The number of aromatic nitrogens is 8. The number of pyridine rings is 2. The first-order valence-corrected chi connectivity index (χ1v) is 28.0. The summed E-state index contributed by atoms with van der Waals surface area (Å²) in [6.07, 6.45) is -11.9. The number of nitrogens with one attached hydrogen (secondary N) is 1. The van der Waals surface area contributed by atoms with Crippen LogP contribution in [0.2, 0.25) is 0 Å². The summed E-state index contributed by atoms with van der Waals surface area (Å²) in [6.45, 7) is -0.572. The number of ether oxygens (including phenoxy) is 4. The Kier molecular flexibility index (Phi) is 16.5. The van der Waals surface area contributed by atoms with E-state index in [1.807, 2.05) is 0 Å². The molecule has 0 amide bonds. The molecule has 78 heavy (non-hydrogen) atoms. The van der Waals surface area contributed by atoms with E-state index in [2.05, 4.69) is 19.9 Å². The zero-order chi connectivity index (χ0) is 56.2. The molecular weight excluding hydrogens is 1110 g/mol. The normalized spacial score (nSPS) is 29.7. The Hall–Kier alpha value is -5.58. The Labute approximate surface area is 437 Å². The molecule has 0 saturated carbocycles. The third-order valence-corrected chi connectivity index (χ3v) is 16.2. The van der Waals surface area contributed by atoms with Gasteiger partial charge in [0.25, 0.3) is 5.56 Å². The molecule has 0 bridgehead atoms. The number of aromatic hydroxyl groups is 2. The average molecular weight is 1160 g/mol. The molecule has 0 radical (unpaired) electrons. The number of anilines is 2. The molecule has 5 aromatic heterocycles. The molecule has 37 heteroatoms. The van der Waals surface area contributed by atoms with Gasteiger partial charge in [-0.15, -0.1) is 0 Å². The van der Waals surface area contributed by atoms with E-state index in [0.717, 1.165) is 16.7 Å². The summed E-state index contributed by atoms with van der Waals surface area (Å²) < 4.78 is 102. The van der Waals surface area contributed by atoms with Crippen molar-refractivity contribution >= 4 is 46.4 Å². The molecule has 0 aliphatic carbocycles. The van der Waals surface area contributed by atoms with Gasteiger partial charge in [-0.05, 0) is 19.9 Å². The topological polar surface area (TPSA) is 480 Å². The third-order valence-electron chi connectivity index (χ3n) is 13.2. The van der Waals surface area contributed by atoms with E-state index in [1.165, 1.54) is 58.5 Å². The van der Waals surface area contributed by atoms with Crippen molar-refractivity contribution < 1.29 is 94.9 Å². The van der Waals surface area contributed by atoms with Gasteiger partial charge in [-0.2, -0.15) is 9.97 Å². The maximum atomic E-state index is 13.9. The molecule has 426 valence electrons. The van der Waals surface area contributed by atoms with Crippen LogP contribution in [-0.4, -0.2) is 149 Å². The fourth-order valence-corrected chi connectivity index (χ4v) is 12.1. The van der Waals surface area contributed by atoms with E-state index in [-0.39, 0.29) is 60.0 Å². The van der Waals surface area contributed by atoms with Crippen LogP contribution < -0.4 is 33.6 Å². The van der Waals surface area contributed by atoms with Crippen LogP contribution in [0.1, 0.15) is 62.0 Å². The van der Waals surface area contributed by atoms with E-state index in [9.17, 15) is 68.0 Å². The maximum Gasteiger partial charge on any atom is 0.472 e. The first kappa shape index (κ1) is 57.1. The van der Waals surface area contributed by atoms with Gasteiger partial charge in [0, 0.05) is 56.4 Å². The zero-order valence-corrected chi connectivity index (χ0v) is 43.5. The minimum atomic E-state index is -5.36. The van der Waals surface area contributed by atoms with Gasteiger partial charge in [-0.25, -0.2) is 23.5 Å². The van der Waals surface area contributed by atoms with E-state index >= 15 is 0 Å². The molecule has 9 heterocycles. The van der Waals surface area contributed by atoms with Crippen molar-refractivity contribution in [2.24, 2.45) is 0 Å². The maximum absolute atomic E-state index is 13.9. The second-order valence-corrected chi connectivity index (χ2v) is 22.5. The van der Waals surface area contributed by atoms with Gasteiger partial charge in [-0.3, -0.25) is 55.6 Å². The molecule has 4 aliphatic heterocycles. The first-order chi connectivity index (χ1) is 36.8. The molecule has 4 aliphatic rings. The number of phosphoric acid groups is 3. The number of aliphatic hydroxyl groups excluding tert-OH is 2. The van der Waals surface area contributed by atoms with Gasteiger partial charge in [0.15, 0.2) is 22.7 Å². The summed E-state index contributed by atoms with van der Waals surface area (Å²) in [6, 6.07) is 3.35. The summed E-state index contributed by atoms with van der Waals surface area (Å²) in [5, 5.41) is 41.7. The number of imidazole rings is 1. The van der Waals surface area contributed by atoms with E-state index in [4.69, 9.17) is 57.6 Å². The van der Waals surface area contributed by atoms with Crippen molar-refractivity contribution in [1.29, 1.82) is 0 Å². The highest BCUT2D eigenvalue weighted by atomic mass is 31.2. The van der Waals surface area contributed by atoms with Crippen LogP contribution >= 0.6 is 23.5 Å². The average Bonchev–Trinajstić information content (AvgIpc) is 4.32. The Balaban J connectivity index is 0.885. The molecule has 34 nitrogen and oxygen atoms in total. The summed E-state index contributed by atoms with van der Waals surface area (Å²) in [5.74, 6) is -1.61. The molecule has 4 saturated heterocycles. The van der Waals surface area contributed by atoms with Gasteiger partial charge in [0.05, 0.1) is 50.2 Å². The van der Waals surface area contributed by atoms with Crippen molar-refractivity contribution in [2.75, 3.05) is 37.9 Å². The second-order valence-electron chi connectivity index (χ2n) is 18.3. The lowest BCUT2D eigenvalue weighted by Crippen LogP contribution is -2.31. The number of H-pyrrole nitrogens is 1.